The van der Waals surface area contributed by atoms with Crippen molar-refractivity contribution in [1.29, 1.82) is 0 Å². The highest BCUT2D eigenvalue weighted by Crippen LogP contribution is 2.26. The summed E-state index contributed by atoms with van der Waals surface area (Å²) in [5, 5.41) is 19.4. The van der Waals surface area contributed by atoms with Gasteiger partial charge in [-0.25, -0.2) is 0 Å². The molecule has 16 heavy (non-hydrogen) atoms. The Labute approximate surface area is 90.4 Å². The van der Waals surface area contributed by atoms with Gasteiger partial charge in [-0.2, -0.15) is 0 Å². The van der Waals surface area contributed by atoms with Crippen molar-refractivity contribution in [1.82, 2.24) is 0 Å². The van der Waals surface area contributed by atoms with Gasteiger partial charge in [0.25, 0.3) is 5.69 Å². The lowest BCUT2D eigenvalue weighted by molar-refractivity contribution is -0.385. The molecule has 1 N–H and O–H groups in total. The SMILES string of the molecule is O=C(O)Cc1cc2c(cc1[N+](=O)[O-])CN=C2. The van der Waals surface area contributed by atoms with Crippen LogP contribution in [0.4, 0.5) is 5.69 Å². The van der Waals surface area contributed by atoms with E-state index in [9.17, 15) is 14.9 Å². The molecule has 0 aromatic heterocycles. The van der Waals surface area contributed by atoms with Gasteiger partial charge in [0, 0.05) is 17.8 Å². The van der Waals surface area contributed by atoms with Crippen LogP contribution in [0.15, 0.2) is 17.1 Å². The Balaban J connectivity index is 2.51. The largest absolute Gasteiger partial charge is 0.481 e. The quantitative estimate of drug-likeness (QED) is 0.610. The molecular weight excluding hydrogens is 212 g/mol. The lowest BCUT2D eigenvalue weighted by Crippen LogP contribution is -2.05. The molecule has 6 nitrogen and oxygen atoms in total. The lowest BCUT2D eigenvalue weighted by Gasteiger charge is -2.03. The van der Waals surface area contributed by atoms with Crippen molar-refractivity contribution in [2.75, 3.05) is 0 Å². The average molecular weight is 220 g/mol. The molecule has 0 amide bonds. The van der Waals surface area contributed by atoms with Crippen molar-refractivity contribution in [2.45, 2.75) is 13.0 Å². The van der Waals surface area contributed by atoms with E-state index in [0.717, 1.165) is 11.1 Å². The Hall–Kier alpha value is -2.24. The summed E-state index contributed by atoms with van der Waals surface area (Å²) in [5.41, 5.74) is 1.60. The second kappa shape index (κ2) is 3.73. The zero-order chi connectivity index (χ0) is 11.7. The van der Waals surface area contributed by atoms with Crippen LogP contribution in [0, 0.1) is 10.1 Å². The molecule has 0 unspecified atom stereocenters. The fourth-order valence-corrected chi connectivity index (χ4v) is 1.67. The number of nitro groups is 1. The molecule has 0 atom stereocenters. The van der Waals surface area contributed by atoms with Crippen LogP contribution in [0.2, 0.25) is 0 Å². The van der Waals surface area contributed by atoms with Gasteiger partial charge < -0.3 is 5.11 Å². The Morgan fingerprint density at radius 1 is 1.56 bits per heavy atom. The molecule has 1 aromatic carbocycles. The van der Waals surface area contributed by atoms with E-state index in [4.69, 9.17) is 5.11 Å². The van der Waals surface area contributed by atoms with Crippen LogP contribution in [0.5, 0.6) is 0 Å². The second-order valence-corrected chi connectivity index (χ2v) is 3.48. The van der Waals surface area contributed by atoms with Gasteiger partial charge in [0.1, 0.15) is 0 Å². The normalized spacial score (nSPS) is 12.5. The maximum Gasteiger partial charge on any atom is 0.308 e. The molecule has 1 heterocycles. The van der Waals surface area contributed by atoms with E-state index >= 15 is 0 Å². The Morgan fingerprint density at radius 3 is 2.94 bits per heavy atom. The van der Waals surface area contributed by atoms with Gasteiger partial charge in [0.2, 0.25) is 0 Å². The molecule has 0 saturated heterocycles. The molecule has 0 saturated carbocycles. The molecule has 0 radical (unpaired) electrons. The van der Waals surface area contributed by atoms with Crippen LogP contribution in [-0.4, -0.2) is 22.2 Å². The highest BCUT2D eigenvalue weighted by atomic mass is 16.6. The number of carboxylic acid groups (broad SMARTS) is 1. The van der Waals surface area contributed by atoms with Crippen LogP contribution in [-0.2, 0) is 17.8 Å². The summed E-state index contributed by atoms with van der Waals surface area (Å²) in [6, 6.07) is 2.93. The molecule has 2 rings (SSSR count). The minimum atomic E-state index is -1.09. The molecule has 1 aliphatic heterocycles. The molecule has 6 heteroatoms. The zero-order valence-electron chi connectivity index (χ0n) is 8.21. The van der Waals surface area contributed by atoms with Gasteiger partial charge in [-0.3, -0.25) is 19.9 Å². The number of hydrogen-bond acceptors (Lipinski definition) is 4. The molecular formula is C10H8N2O4. The molecule has 0 spiro atoms. The van der Waals surface area contributed by atoms with E-state index in [1.807, 2.05) is 0 Å². The molecule has 0 bridgehead atoms. The Kier molecular flexibility index (Phi) is 2.40. The molecule has 0 fully saturated rings. The zero-order valence-corrected chi connectivity index (χ0v) is 8.21. The Morgan fingerprint density at radius 2 is 2.31 bits per heavy atom. The van der Waals surface area contributed by atoms with Gasteiger partial charge in [-0.1, -0.05) is 0 Å². The number of aliphatic imine (C=N–C) groups is 1. The summed E-state index contributed by atoms with van der Waals surface area (Å²) in [5.74, 6) is -1.09. The predicted octanol–water partition coefficient (Wildman–Crippen LogP) is 1.15. The number of nitro benzene ring substituents is 1. The predicted molar refractivity (Wildman–Crippen MR) is 55.7 cm³/mol. The summed E-state index contributed by atoms with van der Waals surface area (Å²) in [4.78, 5) is 24.8. The van der Waals surface area contributed by atoms with Crippen molar-refractivity contribution in [3.63, 3.8) is 0 Å². The highest BCUT2D eigenvalue weighted by Gasteiger charge is 2.20. The smallest absolute Gasteiger partial charge is 0.308 e. The number of carbonyl (C=O) groups is 1. The summed E-state index contributed by atoms with van der Waals surface area (Å²) in [7, 11) is 0. The van der Waals surface area contributed by atoms with Gasteiger partial charge in [-0.05, 0) is 17.2 Å². The maximum atomic E-state index is 10.8. The minimum absolute atomic E-state index is 0.147. The monoisotopic (exact) mass is 220 g/mol. The fourth-order valence-electron chi connectivity index (χ4n) is 1.67. The van der Waals surface area contributed by atoms with E-state index in [2.05, 4.69) is 4.99 Å². The number of benzene rings is 1. The van der Waals surface area contributed by atoms with Crippen molar-refractivity contribution in [3.8, 4) is 0 Å². The van der Waals surface area contributed by atoms with E-state index in [1.165, 1.54) is 12.1 Å². The first kappa shape index (κ1) is 10.3. The van der Waals surface area contributed by atoms with E-state index in [-0.39, 0.29) is 17.7 Å². The standard InChI is InChI=1S/C10H8N2O4/c13-10(14)3-6-1-7-4-11-5-8(7)2-9(6)12(15)16/h1-2,4H,3,5H2,(H,13,14). The number of rotatable bonds is 3. The summed E-state index contributed by atoms with van der Waals surface area (Å²) >= 11 is 0. The average Bonchev–Trinajstić information content (AvgIpc) is 2.62. The van der Waals surface area contributed by atoms with E-state index in [1.54, 1.807) is 6.21 Å². The fraction of sp³-hybridized carbons (Fsp3) is 0.200. The molecule has 82 valence electrons. The van der Waals surface area contributed by atoms with Crippen LogP contribution in [0.25, 0.3) is 0 Å². The first-order valence-electron chi connectivity index (χ1n) is 4.59. The lowest BCUT2D eigenvalue weighted by atomic mass is 10.0. The summed E-state index contributed by atoms with van der Waals surface area (Å²) in [6.45, 7) is 0.420. The van der Waals surface area contributed by atoms with Crippen molar-refractivity contribution in [3.05, 3.63) is 38.9 Å². The van der Waals surface area contributed by atoms with Crippen LogP contribution in [0.3, 0.4) is 0 Å². The third-order valence-corrected chi connectivity index (χ3v) is 2.37. The number of nitrogens with zero attached hydrogens (tertiary/aromatic N) is 2. The second-order valence-electron chi connectivity index (χ2n) is 3.48. The van der Waals surface area contributed by atoms with Crippen molar-refractivity contribution >= 4 is 17.9 Å². The first-order valence-corrected chi connectivity index (χ1v) is 4.59. The van der Waals surface area contributed by atoms with Crippen LogP contribution >= 0.6 is 0 Å². The van der Waals surface area contributed by atoms with Gasteiger partial charge >= 0.3 is 5.97 Å². The number of aliphatic carboxylic acids is 1. The molecule has 1 aliphatic rings. The topological polar surface area (TPSA) is 92.8 Å². The molecule has 0 aliphatic carbocycles. The highest BCUT2D eigenvalue weighted by molar-refractivity contribution is 5.86. The third-order valence-electron chi connectivity index (χ3n) is 2.37. The summed E-state index contributed by atoms with van der Waals surface area (Å²) in [6.07, 6.45) is 1.25. The minimum Gasteiger partial charge on any atom is -0.481 e. The van der Waals surface area contributed by atoms with Gasteiger partial charge in [0.15, 0.2) is 0 Å². The summed E-state index contributed by atoms with van der Waals surface area (Å²) < 4.78 is 0. The van der Waals surface area contributed by atoms with Crippen LogP contribution < -0.4 is 0 Å². The maximum absolute atomic E-state index is 10.8. The Bertz CT molecular complexity index is 508. The number of carboxylic acids is 1. The first-order chi connectivity index (χ1) is 7.58. The third kappa shape index (κ3) is 1.77. The van der Waals surface area contributed by atoms with E-state index < -0.39 is 10.9 Å². The van der Waals surface area contributed by atoms with Crippen molar-refractivity contribution < 1.29 is 14.8 Å². The van der Waals surface area contributed by atoms with Gasteiger partial charge in [-0.15, -0.1) is 0 Å². The molecule has 1 aromatic rings. The van der Waals surface area contributed by atoms with E-state index in [0.29, 0.717) is 6.54 Å². The van der Waals surface area contributed by atoms with Gasteiger partial charge in [0.05, 0.1) is 17.9 Å². The van der Waals surface area contributed by atoms with Crippen molar-refractivity contribution in [2.24, 2.45) is 4.99 Å². The van der Waals surface area contributed by atoms with Crippen LogP contribution in [0.1, 0.15) is 16.7 Å². The number of fused-ring (bicyclic) bond motifs is 1. The number of hydrogen-bond donors (Lipinski definition) is 1.